The maximum absolute atomic E-state index is 14.3. The molecule has 0 aliphatic rings. The van der Waals surface area contributed by atoms with Gasteiger partial charge < -0.3 is 9.72 Å². The minimum atomic E-state index is -0.811. The van der Waals surface area contributed by atoms with Crippen LogP contribution in [0, 0.1) is 5.82 Å². The van der Waals surface area contributed by atoms with Crippen molar-refractivity contribution in [2.24, 2.45) is 4.99 Å². The Labute approximate surface area is 173 Å². The minimum absolute atomic E-state index is 0.145. The van der Waals surface area contributed by atoms with Crippen molar-refractivity contribution in [1.82, 2.24) is 9.97 Å². The standard InChI is InChI=1S/C22H22ClF2N3O/c1-12(2)16(10-26-3)13-7-14-17(11-28-22(14)27-9-13)15(8-24)20-19(29-4)6-5-18(25)21(20)23/h5-7,9-11,15H,8H2,1-4H3,(H,27,28). The zero-order chi connectivity index (χ0) is 21.1. The van der Waals surface area contributed by atoms with Crippen LogP contribution in [0.4, 0.5) is 8.78 Å². The number of allylic oxidation sites excluding steroid dienone is 2. The van der Waals surface area contributed by atoms with Crippen LogP contribution in [0.2, 0.25) is 5.02 Å². The Balaban J connectivity index is 2.23. The van der Waals surface area contributed by atoms with E-state index < -0.39 is 18.4 Å². The van der Waals surface area contributed by atoms with Crippen molar-refractivity contribution < 1.29 is 13.5 Å². The van der Waals surface area contributed by atoms with Gasteiger partial charge in [0.2, 0.25) is 0 Å². The van der Waals surface area contributed by atoms with E-state index in [1.165, 1.54) is 19.2 Å². The van der Waals surface area contributed by atoms with Crippen LogP contribution in [0.15, 0.2) is 41.2 Å². The first kappa shape index (κ1) is 21.0. The number of aromatic amines is 1. The zero-order valence-electron chi connectivity index (χ0n) is 16.7. The van der Waals surface area contributed by atoms with Gasteiger partial charge in [-0.15, -0.1) is 0 Å². The molecule has 0 aliphatic heterocycles. The van der Waals surface area contributed by atoms with E-state index >= 15 is 0 Å². The summed E-state index contributed by atoms with van der Waals surface area (Å²) in [7, 11) is 3.15. The van der Waals surface area contributed by atoms with Crippen molar-refractivity contribution in [2.45, 2.75) is 19.8 Å². The number of fused-ring (bicyclic) bond motifs is 1. The lowest BCUT2D eigenvalue weighted by Crippen LogP contribution is -2.07. The molecule has 1 aromatic carbocycles. The van der Waals surface area contributed by atoms with Crippen molar-refractivity contribution in [3.63, 3.8) is 0 Å². The average Bonchev–Trinajstić information content (AvgIpc) is 3.13. The summed E-state index contributed by atoms with van der Waals surface area (Å²) < 4.78 is 33.7. The summed E-state index contributed by atoms with van der Waals surface area (Å²) in [6.45, 7) is 3.20. The molecule has 1 N–H and O–H groups in total. The molecule has 1 unspecified atom stereocenters. The molecule has 0 bridgehead atoms. The number of rotatable bonds is 6. The van der Waals surface area contributed by atoms with E-state index in [1.807, 2.05) is 19.9 Å². The fourth-order valence-corrected chi connectivity index (χ4v) is 3.74. The van der Waals surface area contributed by atoms with Gasteiger partial charge in [0.1, 0.15) is 23.9 Å². The van der Waals surface area contributed by atoms with Gasteiger partial charge in [-0.2, -0.15) is 0 Å². The lowest BCUT2D eigenvalue weighted by atomic mass is 9.90. The molecular formula is C22H22ClF2N3O. The van der Waals surface area contributed by atoms with Crippen molar-refractivity contribution in [3.05, 3.63) is 63.7 Å². The normalized spacial score (nSPS) is 12.5. The van der Waals surface area contributed by atoms with E-state index in [-0.39, 0.29) is 10.6 Å². The zero-order valence-corrected chi connectivity index (χ0v) is 17.4. The first-order chi connectivity index (χ1) is 13.9. The third-order valence-corrected chi connectivity index (χ3v) is 5.25. The highest BCUT2D eigenvalue weighted by Crippen LogP contribution is 2.41. The average molecular weight is 418 g/mol. The number of H-pyrrole nitrogens is 1. The quantitative estimate of drug-likeness (QED) is 0.503. The lowest BCUT2D eigenvalue weighted by molar-refractivity contribution is 0.396. The highest BCUT2D eigenvalue weighted by molar-refractivity contribution is 6.31. The molecule has 7 heteroatoms. The summed E-state index contributed by atoms with van der Waals surface area (Å²) in [5.74, 6) is -1.10. The predicted molar refractivity (Wildman–Crippen MR) is 115 cm³/mol. The third-order valence-electron chi connectivity index (χ3n) is 4.86. The summed E-state index contributed by atoms with van der Waals surface area (Å²) in [6, 6.07) is 4.59. The van der Waals surface area contributed by atoms with Gasteiger partial charge in [0, 0.05) is 48.1 Å². The van der Waals surface area contributed by atoms with Gasteiger partial charge in [0.15, 0.2) is 0 Å². The number of alkyl halides is 1. The monoisotopic (exact) mass is 417 g/mol. The fraction of sp³-hybridized carbons (Fsp3) is 0.273. The minimum Gasteiger partial charge on any atom is -0.496 e. The van der Waals surface area contributed by atoms with E-state index in [4.69, 9.17) is 16.3 Å². The Morgan fingerprint density at radius 1 is 1.38 bits per heavy atom. The number of aromatic nitrogens is 2. The topological polar surface area (TPSA) is 50.3 Å². The summed E-state index contributed by atoms with van der Waals surface area (Å²) in [5, 5.41) is 0.587. The maximum atomic E-state index is 14.3. The molecule has 4 nitrogen and oxygen atoms in total. The summed E-state index contributed by atoms with van der Waals surface area (Å²) in [4.78, 5) is 11.6. The number of ether oxygens (including phenoxy) is 1. The van der Waals surface area contributed by atoms with Gasteiger partial charge >= 0.3 is 0 Å². The number of pyridine rings is 1. The molecule has 0 saturated carbocycles. The first-order valence-corrected chi connectivity index (χ1v) is 9.45. The van der Waals surface area contributed by atoms with E-state index in [2.05, 4.69) is 15.0 Å². The second-order valence-electron chi connectivity index (χ2n) is 6.85. The molecule has 0 radical (unpaired) electrons. The molecule has 0 amide bonds. The summed E-state index contributed by atoms with van der Waals surface area (Å²) >= 11 is 6.21. The molecule has 0 spiro atoms. The van der Waals surface area contributed by atoms with Gasteiger partial charge in [-0.1, -0.05) is 17.2 Å². The number of methoxy groups -OCH3 is 1. The van der Waals surface area contributed by atoms with Crippen LogP contribution in [-0.4, -0.2) is 37.0 Å². The number of hydrogen-bond donors (Lipinski definition) is 1. The summed E-state index contributed by atoms with van der Waals surface area (Å²) in [6.07, 6.45) is 5.19. The molecule has 29 heavy (non-hydrogen) atoms. The molecule has 3 aromatic rings. The van der Waals surface area contributed by atoms with Crippen LogP contribution in [0.3, 0.4) is 0 Å². The Kier molecular flexibility index (Phi) is 6.33. The summed E-state index contributed by atoms with van der Waals surface area (Å²) in [5.41, 5.74) is 4.39. The van der Waals surface area contributed by atoms with Crippen molar-refractivity contribution in [3.8, 4) is 5.75 Å². The van der Waals surface area contributed by atoms with E-state index in [9.17, 15) is 8.78 Å². The Morgan fingerprint density at radius 2 is 2.14 bits per heavy atom. The van der Waals surface area contributed by atoms with Gasteiger partial charge in [0.05, 0.1) is 12.1 Å². The van der Waals surface area contributed by atoms with Crippen LogP contribution in [0.1, 0.15) is 36.5 Å². The van der Waals surface area contributed by atoms with Crippen LogP contribution >= 0.6 is 11.6 Å². The van der Waals surface area contributed by atoms with Gasteiger partial charge in [-0.25, -0.2) is 9.37 Å². The second-order valence-corrected chi connectivity index (χ2v) is 7.23. The molecular weight excluding hydrogens is 396 g/mol. The molecule has 0 fully saturated rings. The lowest BCUT2D eigenvalue weighted by Gasteiger charge is -2.19. The number of nitrogens with one attached hydrogen (secondary N) is 1. The molecule has 2 aromatic heterocycles. The van der Waals surface area contributed by atoms with Gasteiger partial charge in [0.25, 0.3) is 0 Å². The third kappa shape index (κ3) is 3.90. The van der Waals surface area contributed by atoms with Crippen LogP contribution in [-0.2, 0) is 0 Å². The Morgan fingerprint density at radius 3 is 2.76 bits per heavy atom. The fourth-order valence-electron chi connectivity index (χ4n) is 3.45. The van der Waals surface area contributed by atoms with E-state index in [1.54, 1.807) is 25.7 Å². The Hall–Kier alpha value is -2.73. The molecule has 152 valence electrons. The van der Waals surface area contributed by atoms with Crippen molar-refractivity contribution in [2.75, 3.05) is 20.8 Å². The molecule has 1 atom stereocenters. The largest absolute Gasteiger partial charge is 0.496 e. The van der Waals surface area contributed by atoms with Crippen molar-refractivity contribution >= 4 is 34.4 Å². The van der Waals surface area contributed by atoms with Gasteiger partial charge in [-0.3, -0.25) is 9.38 Å². The molecule has 0 saturated heterocycles. The maximum Gasteiger partial charge on any atom is 0.142 e. The number of halogens is 3. The van der Waals surface area contributed by atoms with Gasteiger partial charge in [-0.05, 0) is 43.2 Å². The molecule has 0 aliphatic carbocycles. The van der Waals surface area contributed by atoms with Crippen molar-refractivity contribution in [1.29, 1.82) is 0 Å². The van der Waals surface area contributed by atoms with Crippen LogP contribution < -0.4 is 4.74 Å². The molecule has 2 heterocycles. The smallest absolute Gasteiger partial charge is 0.142 e. The number of hydrogen-bond acceptors (Lipinski definition) is 3. The highest BCUT2D eigenvalue weighted by Gasteiger charge is 2.26. The van der Waals surface area contributed by atoms with E-state index in [0.29, 0.717) is 17.0 Å². The number of nitrogens with zero attached hydrogens (tertiary/aromatic N) is 2. The van der Waals surface area contributed by atoms with E-state index in [0.717, 1.165) is 22.1 Å². The van der Waals surface area contributed by atoms with Crippen LogP contribution in [0.25, 0.3) is 16.6 Å². The molecule has 3 rings (SSSR count). The first-order valence-electron chi connectivity index (χ1n) is 9.07. The SMILES string of the molecule is CN=CC(=C(C)C)c1cnc2[nH]cc(C(CF)c3c(OC)ccc(F)c3Cl)c2c1. The Bertz CT molecular complexity index is 1100. The number of benzene rings is 1. The highest BCUT2D eigenvalue weighted by atomic mass is 35.5. The second kappa shape index (κ2) is 8.74. The predicted octanol–water partition coefficient (Wildman–Crippen LogP) is 5.96. The number of aliphatic imine (C=N–C) groups is 1. The van der Waals surface area contributed by atoms with Crippen LogP contribution in [0.5, 0.6) is 5.75 Å².